The van der Waals surface area contributed by atoms with Crippen LogP contribution >= 0.6 is 0 Å². The van der Waals surface area contributed by atoms with Crippen LogP contribution in [0.5, 0.6) is 5.75 Å². The zero-order valence-corrected chi connectivity index (χ0v) is 17.0. The van der Waals surface area contributed by atoms with E-state index in [0.29, 0.717) is 24.5 Å². The van der Waals surface area contributed by atoms with E-state index in [1.54, 1.807) is 0 Å². The topological polar surface area (TPSA) is 104 Å². The van der Waals surface area contributed by atoms with E-state index in [0.717, 1.165) is 11.3 Å². The lowest BCUT2D eigenvalue weighted by Crippen LogP contribution is -2.32. The van der Waals surface area contributed by atoms with E-state index in [9.17, 15) is 14.0 Å². The monoisotopic (exact) mass is 427 g/mol. The molecular weight excluding hydrogens is 405 g/mol. The molecule has 1 amide bonds. The van der Waals surface area contributed by atoms with Crippen molar-refractivity contribution in [3.05, 3.63) is 65.8 Å². The second-order valence-corrected chi connectivity index (χ2v) is 6.69. The van der Waals surface area contributed by atoms with Crippen molar-refractivity contribution in [2.75, 3.05) is 19.8 Å². The second kappa shape index (κ2) is 10.9. The van der Waals surface area contributed by atoms with Crippen molar-refractivity contribution in [2.24, 2.45) is 0 Å². The van der Waals surface area contributed by atoms with Gasteiger partial charge >= 0.3 is 5.97 Å². The van der Waals surface area contributed by atoms with Gasteiger partial charge in [-0.15, -0.1) is 0 Å². The van der Waals surface area contributed by atoms with Crippen molar-refractivity contribution in [1.29, 1.82) is 0 Å². The Kier molecular flexibility index (Phi) is 7.69. The summed E-state index contributed by atoms with van der Waals surface area (Å²) in [5, 5.41) is 6.41. The first-order chi connectivity index (χ1) is 15.0. The standard InChI is InChI=1S/C22H22FN3O5/c1-15-3-2-4-18(13-15)29-12-11-24-19(27)14-30-21(28)10-9-20-25-22(26-31-20)16-5-7-17(23)8-6-16/h2-8,13H,9-12,14H2,1H3,(H,24,27). The Morgan fingerprint density at radius 2 is 1.97 bits per heavy atom. The molecule has 0 saturated carbocycles. The molecule has 0 aliphatic carbocycles. The maximum absolute atomic E-state index is 13.0. The highest BCUT2D eigenvalue weighted by Gasteiger charge is 2.12. The van der Waals surface area contributed by atoms with E-state index in [-0.39, 0.29) is 31.2 Å². The lowest BCUT2D eigenvalue weighted by molar-refractivity contribution is -0.148. The Bertz CT molecular complexity index is 1020. The molecule has 9 heteroatoms. The minimum atomic E-state index is -0.562. The average molecular weight is 427 g/mol. The highest BCUT2D eigenvalue weighted by atomic mass is 19.1. The summed E-state index contributed by atoms with van der Waals surface area (Å²) in [6.45, 7) is 2.18. The summed E-state index contributed by atoms with van der Waals surface area (Å²) in [6.07, 6.45) is 0.147. The van der Waals surface area contributed by atoms with Gasteiger partial charge < -0.3 is 19.3 Å². The molecule has 0 fully saturated rings. The first-order valence-electron chi connectivity index (χ1n) is 9.70. The molecule has 1 N–H and O–H groups in total. The summed E-state index contributed by atoms with van der Waals surface area (Å²) in [7, 11) is 0. The zero-order chi connectivity index (χ0) is 22.1. The lowest BCUT2D eigenvalue weighted by atomic mass is 10.2. The number of carbonyl (C=O) groups is 2. The molecule has 8 nitrogen and oxygen atoms in total. The largest absolute Gasteiger partial charge is 0.492 e. The third kappa shape index (κ3) is 7.22. The van der Waals surface area contributed by atoms with Crippen LogP contribution in [-0.2, 0) is 20.7 Å². The van der Waals surface area contributed by atoms with Crippen LogP contribution in [0.25, 0.3) is 11.4 Å². The lowest BCUT2D eigenvalue weighted by Gasteiger charge is -2.08. The molecular formula is C22H22FN3O5. The predicted molar refractivity (Wildman–Crippen MR) is 109 cm³/mol. The first-order valence-corrected chi connectivity index (χ1v) is 9.70. The third-order valence-electron chi connectivity index (χ3n) is 4.16. The fourth-order valence-corrected chi connectivity index (χ4v) is 2.62. The fraction of sp³-hybridized carbons (Fsp3) is 0.273. The highest BCUT2D eigenvalue weighted by molar-refractivity contribution is 5.80. The summed E-state index contributed by atoms with van der Waals surface area (Å²) in [6, 6.07) is 13.2. The van der Waals surface area contributed by atoms with E-state index >= 15 is 0 Å². The zero-order valence-electron chi connectivity index (χ0n) is 17.0. The molecule has 0 aliphatic rings. The van der Waals surface area contributed by atoms with E-state index in [1.807, 2.05) is 31.2 Å². The van der Waals surface area contributed by atoms with Crippen LogP contribution < -0.4 is 10.1 Å². The van der Waals surface area contributed by atoms with Crippen LogP contribution in [0.3, 0.4) is 0 Å². The molecule has 0 aliphatic heterocycles. The molecule has 162 valence electrons. The van der Waals surface area contributed by atoms with Gasteiger partial charge in [-0.05, 0) is 48.9 Å². The van der Waals surface area contributed by atoms with Gasteiger partial charge in [-0.25, -0.2) is 4.39 Å². The Morgan fingerprint density at radius 3 is 2.74 bits per heavy atom. The molecule has 0 atom stereocenters. The van der Waals surface area contributed by atoms with Crippen LogP contribution in [0.2, 0.25) is 0 Å². The summed E-state index contributed by atoms with van der Waals surface area (Å²) < 4.78 is 28.5. The number of esters is 1. The number of carbonyl (C=O) groups excluding carboxylic acids is 2. The number of nitrogens with one attached hydrogen (secondary N) is 1. The van der Waals surface area contributed by atoms with Gasteiger partial charge in [-0.2, -0.15) is 4.98 Å². The number of benzene rings is 2. The number of aromatic nitrogens is 2. The molecule has 1 heterocycles. The van der Waals surface area contributed by atoms with Crippen LogP contribution in [0, 0.1) is 12.7 Å². The van der Waals surface area contributed by atoms with Crippen molar-refractivity contribution in [2.45, 2.75) is 19.8 Å². The molecule has 3 rings (SSSR count). The number of ether oxygens (including phenoxy) is 2. The molecule has 0 spiro atoms. The summed E-state index contributed by atoms with van der Waals surface area (Å²) in [5.74, 6) is -0.0720. The SMILES string of the molecule is Cc1cccc(OCCNC(=O)COC(=O)CCc2nc(-c3ccc(F)cc3)no2)c1. The van der Waals surface area contributed by atoms with Gasteiger partial charge in [0.2, 0.25) is 11.7 Å². The smallest absolute Gasteiger partial charge is 0.306 e. The minimum Gasteiger partial charge on any atom is -0.492 e. The fourth-order valence-electron chi connectivity index (χ4n) is 2.62. The first kappa shape index (κ1) is 21.9. The van der Waals surface area contributed by atoms with Crippen LogP contribution in [-0.4, -0.2) is 41.8 Å². The predicted octanol–water partition coefficient (Wildman–Crippen LogP) is 2.86. The van der Waals surface area contributed by atoms with Gasteiger partial charge in [0.15, 0.2) is 6.61 Å². The van der Waals surface area contributed by atoms with E-state index < -0.39 is 11.9 Å². The van der Waals surface area contributed by atoms with Gasteiger partial charge in [0.25, 0.3) is 5.91 Å². The van der Waals surface area contributed by atoms with Crippen molar-refractivity contribution in [1.82, 2.24) is 15.5 Å². The highest BCUT2D eigenvalue weighted by Crippen LogP contribution is 2.16. The number of halogens is 1. The Hall–Kier alpha value is -3.75. The molecule has 0 unspecified atom stereocenters. The Balaban J connectivity index is 1.31. The molecule has 1 aromatic heterocycles. The molecule has 3 aromatic rings. The van der Waals surface area contributed by atoms with Crippen molar-refractivity contribution in [3.63, 3.8) is 0 Å². The molecule has 2 aromatic carbocycles. The summed E-state index contributed by atoms with van der Waals surface area (Å²) in [4.78, 5) is 27.7. The van der Waals surface area contributed by atoms with Crippen molar-refractivity contribution in [3.8, 4) is 17.1 Å². The normalized spacial score (nSPS) is 10.5. The Morgan fingerprint density at radius 1 is 1.16 bits per heavy atom. The van der Waals surface area contributed by atoms with Gasteiger partial charge in [-0.1, -0.05) is 17.3 Å². The van der Waals surface area contributed by atoms with E-state index in [2.05, 4.69) is 15.5 Å². The maximum atomic E-state index is 13.0. The van der Waals surface area contributed by atoms with Crippen LogP contribution in [0.1, 0.15) is 17.9 Å². The molecule has 0 saturated heterocycles. The van der Waals surface area contributed by atoms with Gasteiger partial charge in [0.05, 0.1) is 13.0 Å². The number of nitrogens with zero attached hydrogens (tertiary/aromatic N) is 2. The molecule has 0 bridgehead atoms. The number of rotatable bonds is 10. The quantitative estimate of drug-likeness (QED) is 0.392. The van der Waals surface area contributed by atoms with Gasteiger partial charge in [0.1, 0.15) is 18.2 Å². The minimum absolute atomic E-state index is 0.0190. The summed E-state index contributed by atoms with van der Waals surface area (Å²) in [5.41, 5.74) is 1.68. The maximum Gasteiger partial charge on any atom is 0.306 e. The van der Waals surface area contributed by atoms with Crippen LogP contribution in [0.15, 0.2) is 53.1 Å². The van der Waals surface area contributed by atoms with Gasteiger partial charge in [0, 0.05) is 12.0 Å². The van der Waals surface area contributed by atoms with E-state index in [4.69, 9.17) is 14.0 Å². The van der Waals surface area contributed by atoms with Crippen molar-refractivity contribution < 1.29 is 28.0 Å². The van der Waals surface area contributed by atoms with Crippen LogP contribution in [0.4, 0.5) is 4.39 Å². The van der Waals surface area contributed by atoms with E-state index in [1.165, 1.54) is 24.3 Å². The average Bonchev–Trinajstić information content (AvgIpc) is 3.23. The van der Waals surface area contributed by atoms with Crippen molar-refractivity contribution >= 4 is 11.9 Å². The summed E-state index contributed by atoms with van der Waals surface area (Å²) >= 11 is 0. The number of aryl methyl sites for hydroxylation is 2. The number of hydrogen-bond acceptors (Lipinski definition) is 7. The Labute approximate surface area is 178 Å². The second-order valence-electron chi connectivity index (χ2n) is 6.69. The number of amides is 1. The van der Waals surface area contributed by atoms with Gasteiger partial charge in [-0.3, -0.25) is 9.59 Å². The third-order valence-corrected chi connectivity index (χ3v) is 4.16. The molecule has 0 radical (unpaired) electrons. The molecule has 31 heavy (non-hydrogen) atoms. The number of hydrogen-bond donors (Lipinski definition) is 1.